The van der Waals surface area contributed by atoms with E-state index in [9.17, 15) is 14.9 Å². The highest BCUT2D eigenvalue weighted by atomic mass is 16.6. The van der Waals surface area contributed by atoms with Gasteiger partial charge in [-0.2, -0.15) is 10.1 Å². The molecular weight excluding hydrogens is 268 g/mol. The number of nitro groups is 1. The second-order valence-corrected chi connectivity index (χ2v) is 3.53. The number of hydrogen-bond acceptors (Lipinski definition) is 8. The van der Waals surface area contributed by atoms with Crippen molar-refractivity contribution in [2.75, 3.05) is 12.5 Å². The van der Waals surface area contributed by atoms with Crippen molar-refractivity contribution >= 4 is 17.5 Å². The molecule has 0 radical (unpaired) electrons. The van der Waals surface area contributed by atoms with Gasteiger partial charge in [0.25, 0.3) is 5.91 Å². The standard InChI is InChI=1S/C9H10N8O3/c1-11-8(18)5-2-3-16(15-5)7-6(17(19)20)4-12-9(13-7)14-10/h2-4H,10H2,1H3,(H,11,18)(H,12,13,14). The first-order valence-electron chi connectivity index (χ1n) is 5.33. The van der Waals surface area contributed by atoms with E-state index in [-0.39, 0.29) is 23.1 Å². The summed E-state index contributed by atoms with van der Waals surface area (Å²) >= 11 is 0. The highest BCUT2D eigenvalue weighted by Crippen LogP contribution is 2.20. The molecule has 2 aromatic rings. The van der Waals surface area contributed by atoms with Crippen molar-refractivity contribution in [3.8, 4) is 5.82 Å². The fraction of sp³-hybridized carbons (Fsp3) is 0.111. The maximum absolute atomic E-state index is 11.4. The van der Waals surface area contributed by atoms with Crippen LogP contribution in [-0.4, -0.2) is 37.6 Å². The number of anilines is 1. The molecule has 11 heteroatoms. The van der Waals surface area contributed by atoms with Crippen LogP contribution in [0.15, 0.2) is 18.5 Å². The predicted octanol–water partition coefficient (Wildman–Crippen LogP) is -0.784. The van der Waals surface area contributed by atoms with Crippen LogP contribution in [0.25, 0.3) is 5.82 Å². The number of nitrogens with two attached hydrogens (primary N) is 1. The highest BCUT2D eigenvalue weighted by Gasteiger charge is 2.20. The maximum Gasteiger partial charge on any atom is 0.332 e. The van der Waals surface area contributed by atoms with Gasteiger partial charge < -0.3 is 5.32 Å². The SMILES string of the molecule is CNC(=O)c1ccn(-c2nc(NN)ncc2[N+](=O)[O-])n1. The largest absolute Gasteiger partial charge is 0.354 e. The molecule has 11 nitrogen and oxygen atoms in total. The van der Waals surface area contributed by atoms with Crippen LogP contribution in [0.5, 0.6) is 0 Å². The Labute approximate surface area is 111 Å². The molecule has 2 aromatic heterocycles. The van der Waals surface area contributed by atoms with Gasteiger partial charge in [-0.05, 0) is 6.07 Å². The van der Waals surface area contributed by atoms with Gasteiger partial charge in [-0.3, -0.25) is 20.3 Å². The monoisotopic (exact) mass is 278 g/mol. The third-order valence-electron chi connectivity index (χ3n) is 2.34. The Bertz CT molecular complexity index is 667. The summed E-state index contributed by atoms with van der Waals surface area (Å²) in [5.41, 5.74) is 1.91. The van der Waals surface area contributed by atoms with Gasteiger partial charge in [0.15, 0.2) is 5.69 Å². The van der Waals surface area contributed by atoms with Crippen molar-refractivity contribution < 1.29 is 9.72 Å². The number of nitrogens with one attached hydrogen (secondary N) is 2. The van der Waals surface area contributed by atoms with Gasteiger partial charge in [0.1, 0.15) is 6.20 Å². The minimum atomic E-state index is -0.656. The quantitative estimate of drug-likeness (QED) is 0.373. The summed E-state index contributed by atoms with van der Waals surface area (Å²) in [5.74, 6) is 4.63. The molecule has 0 unspecified atom stereocenters. The normalized spacial score (nSPS) is 10.1. The third-order valence-corrected chi connectivity index (χ3v) is 2.34. The van der Waals surface area contributed by atoms with Crippen LogP contribution in [0.1, 0.15) is 10.5 Å². The number of amides is 1. The van der Waals surface area contributed by atoms with Gasteiger partial charge in [0, 0.05) is 13.2 Å². The van der Waals surface area contributed by atoms with Crippen LogP contribution < -0.4 is 16.6 Å². The van der Waals surface area contributed by atoms with Crippen LogP contribution in [0.4, 0.5) is 11.6 Å². The van der Waals surface area contributed by atoms with E-state index in [1.807, 2.05) is 0 Å². The summed E-state index contributed by atoms with van der Waals surface area (Å²) in [6, 6.07) is 1.40. The molecule has 0 aliphatic carbocycles. The number of aromatic nitrogens is 4. The molecule has 0 aromatic carbocycles. The molecule has 2 heterocycles. The lowest BCUT2D eigenvalue weighted by molar-refractivity contribution is -0.385. The lowest BCUT2D eigenvalue weighted by atomic mass is 10.4. The molecule has 2 rings (SSSR count). The summed E-state index contributed by atoms with van der Waals surface area (Å²) in [6.45, 7) is 0. The molecule has 0 spiro atoms. The highest BCUT2D eigenvalue weighted by molar-refractivity contribution is 5.91. The van der Waals surface area contributed by atoms with E-state index in [1.54, 1.807) is 0 Å². The summed E-state index contributed by atoms with van der Waals surface area (Å²) in [5, 5.41) is 17.2. The van der Waals surface area contributed by atoms with E-state index in [0.29, 0.717) is 0 Å². The molecule has 0 atom stereocenters. The fourth-order valence-corrected chi connectivity index (χ4v) is 1.42. The molecule has 0 aliphatic heterocycles. The van der Waals surface area contributed by atoms with Crippen molar-refractivity contribution in [1.82, 2.24) is 25.1 Å². The first kappa shape index (κ1) is 13.4. The molecular formula is C9H10N8O3. The van der Waals surface area contributed by atoms with Gasteiger partial charge in [-0.25, -0.2) is 15.5 Å². The van der Waals surface area contributed by atoms with E-state index in [2.05, 4.69) is 25.8 Å². The van der Waals surface area contributed by atoms with Crippen molar-refractivity contribution in [3.05, 3.63) is 34.3 Å². The lowest BCUT2D eigenvalue weighted by Gasteiger charge is -2.03. The van der Waals surface area contributed by atoms with E-state index in [0.717, 1.165) is 10.9 Å². The zero-order valence-corrected chi connectivity index (χ0v) is 10.3. The number of carbonyl (C=O) groups excluding carboxylic acids is 1. The van der Waals surface area contributed by atoms with E-state index < -0.39 is 10.8 Å². The molecule has 0 fully saturated rings. The first-order chi connectivity index (χ1) is 9.56. The molecule has 20 heavy (non-hydrogen) atoms. The van der Waals surface area contributed by atoms with E-state index in [1.165, 1.54) is 19.3 Å². The molecule has 4 N–H and O–H groups in total. The Hall–Kier alpha value is -3.08. The Kier molecular flexibility index (Phi) is 3.52. The smallest absolute Gasteiger partial charge is 0.332 e. The van der Waals surface area contributed by atoms with E-state index >= 15 is 0 Å². The lowest BCUT2D eigenvalue weighted by Crippen LogP contribution is -2.19. The van der Waals surface area contributed by atoms with Crippen molar-refractivity contribution in [2.24, 2.45) is 5.84 Å². The fourth-order valence-electron chi connectivity index (χ4n) is 1.42. The number of hydrazine groups is 1. The molecule has 0 saturated heterocycles. The van der Waals surface area contributed by atoms with Crippen molar-refractivity contribution in [3.63, 3.8) is 0 Å². The number of rotatable bonds is 4. The van der Waals surface area contributed by atoms with Crippen LogP contribution in [-0.2, 0) is 0 Å². The molecule has 0 bridgehead atoms. The van der Waals surface area contributed by atoms with Crippen LogP contribution in [0, 0.1) is 10.1 Å². The minimum absolute atomic E-state index is 0.0115. The Balaban J connectivity index is 2.52. The number of hydrogen-bond donors (Lipinski definition) is 3. The summed E-state index contributed by atoms with van der Waals surface area (Å²) in [7, 11) is 1.45. The van der Waals surface area contributed by atoms with Crippen LogP contribution in [0.2, 0.25) is 0 Å². The average Bonchev–Trinajstić information content (AvgIpc) is 2.95. The molecule has 1 amide bonds. The van der Waals surface area contributed by atoms with Crippen LogP contribution >= 0.6 is 0 Å². The Morgan fingerprint density at radius 2 is 2.30 bits per heavy atom. The third kappa shape index (κ3) is 2.37. The van der Waals surface area contributed by atoms with Crippen molar-refractivity contribution in [1.29, 1.82) is 0 Å². The van der Waals surface area contributed by atoms with Gasteiger partial charge >= 0.3 is 5.69 Å². The molecule has 104 valence electrons. The molecule has 0 saturated carbocycles. The summed E-state index contributed by atoms with van der Waals surface area (Å²) < 4.78 is 1.10. The Morgan fingerprint density at radius 1 is 1.55 bits per heavy atom. The predicted molar refractivity (Wildman–Crippen MR) is 67.0 cm³/mol. The van der Waals surface area contributed by atoms with Gasteiger partial charge in [0.05, 0.1) is 4.92 Å². The summed E-state index contributed by atoms with van der Waals surface area (Å²) in [4.78, 5) is 29.2. The van der Waals surface area contributed by atoms with Crippen LogP contribution in [0.3, 0.4) is 0 Å². The average molecular weight is 278 g/mol. The minimum Gasteiger partial charge on any atom is -0.354 e. The second kappa shape index (κ2) is 5.27. The second-order valence-electron chi connectivity index (χ2n) is 3.53. The molecule has 0 aliphatic rings. The number of nitrogen functional groups attached to an aromatic ring is 1. The van der Waals surface area contributed by atoms with Crippen molar-refractivity contribution in [2.45, 2.75) is 0 Å². The topological polar surface area (TPSA) is 154 Å². The maximum atomic E-state index is 11.4. The van der Waals surface area contributed by atoms with Gasteiger partial charge in [-0.15, -0.1) is 0 Å². The zero-order valence-electron chi connectivity index (χ0n) is 10.3. The first-order valence-corrected chi connectivity index (χ1v) is 5.33. The number of carbonyl (C=O) groups is 1. The number of nitrogens with zero attached hydrogens (tertiary/aromatic N) is 5. The van der Waals surface area contributed by atoms with Gasteiger partial charge in [-0.1, -0.05) is 0 Å². The van der Waals surface area contributed by atoms with Gasteiger partial charge in [0.2, 0.25) is 11.8 Å². The summed E-state index contributed by atoms with van der Waals surface area (Å²) in [6.07, 6.45) is 2.37. The van der Waals surface area contributed by atoms with E-state index in [4.69, 9.17) is 5.84 Å². The Morgan fingerprint density at radius 3 is 2.90 bits per heavy atom. The zero-order chi connectivity index (χ0) is 14.7.